The van der Waals surface area contributed by atoms with E-state index in [9.17, 15) is 14.7 Å². The molecule has 0 saturated carbocycles. The average molecular weight is 337 g/mol. The number of carbonyl (C=O) groups is 2. The van der Waals surface area contributed by atoms with Gasteiger partial charge in [0.2, 0.25) is 5.91 Å². The van der Waals surface area contributed by atoms with Gasteiger partial charge in [0.05, 0.1) is 12.5 Å². The fraction of sp³-hybridized carbons (Fsp3) is 0.300. The minimum atomic E-state index is -1.02. The predicted octanol–water partition coefficient (Wildman–Crippen LogP) is 2.40. The molecule has 2 aromatic carbocycles. The Morgan fingerprint density at radius 1 is 1.04 bits per heavy atom. The van der Waals surface area contributed by atoms with E-state index in [2.05, 4.69) is 5.32 Å². The van der Waals surface area contributed by atoms with E-state index in [4.69, 9.17) is 4.74 Å². The van der Waals surface area contributed by atoms with Gasteiger partial charge in [0.1, 0.15) is 6.04 Å². The van der Waals surface area contributed by atoms with Crippen LogP contribution >= 0.6 is 0 Å². The van der Waals surface area contributed by atoms with Crippen molar-refractivity contribution in [2.45, 2.75) is 18.4 Å². The molecule has 1 aliphatic heterocycles. The molecule has 1 fully saturated rings. The van der Waals surface area contributed by atoms with Gasteiger partial charge in [0, 0.05) is 12.5 Å². The van der Waals surface area contributed by atoms with E-state index in [1.54, 1.807) is 0 Å². The second-order valence-corrected chi connectivity index (χ2v) is 6.54. The Morgan fingerprint density at radius 2 is 1.64 bits per heavy atom. The molecule has 1 aliphatic carbocycles. The number of hydrogen-bond donors (Lipinski definition) is 2. The number of hydrogen-bond acceptors (Lipinski definition) is 3. The largest absolute Gasteiger partial charge is 0.480 e. The third kappa shape index (κ3) is 2.70. The van der Waals surface area contributed by atoms with Crippen LogP contribution in [0.15, 0.2) is 48.5 Å². The Morgan fingerprint density at radius 3 is 2.16 bits per heavy atom. The van der Waals surface area contributed by atoms with Gasteiger partial charge < -0.3 is 15.2 Å². The topological polar surface area (TPSA) is 75.6 Å². The second-order valence-electron chi connectivity index (χ2n) is 6.54. The van der Waals surface area contributed by atoms with E-state index >= 15 is 0 Å². The summed E-state index contributed by atoms with van der Waals surface area (Å²) in [6.07, 6.45) is 0.635. The molecule has 1 amide bonds. The van der Waals surface area contributed by atoms with E-state index < -0.39 is 17.9 Å². The van der Waals surface area contributed by atoms with Crippen LogP contribution in [-0.4, -0.2) is 36.2 Å². The lowest BCUT2D eigenvalue weighted by Crippen LogP contribution is -2.47. The summed E-state index contributed by atoms with van der Waals surface area (Å²) in [5, 5.41) is 12.6. The molecule has 0 bridgehead atoms. The summed E-state index contributed by atoms with van der Waals surface area (Å²) in [6.45, 7) is 0.904. The van der Waals surface area contributed by atoms with Crippen molar-refractivity contribution < 1.29 is 19.4 Å². The van der Waals surface area contributed by atoms with Gasteiger partial charge in [-0.1, -0.05) is 48.5 Å². The molecule has 2 atom stereocenters. The van der Waals surface area contributed by atoms with E-state index in [1.165, 1.54) is 0 Å². The molecule has 4 rings (SSSR count). The molecule has 25 heavy (non-hydrogen) atoms. The first-order valence-electron chi connectivity index (χ1n) is 8.46. The van der Waals surface area contributed by atoms with Crippen LogP contribution < -0.4 is 5.32 Å². The van der Waals surface area contributed by atoms with Crippen LogP contribution in [0.3, 0.4) is 0 Å². The van der Waals surface area contributed by atoms with Crippen molar-refractivity contribution in [3.05, 3.63) is 59.7 Å². The van der Waals surface area contributed by atoms with Crippen LogP contribution in [0.4, 0.5) is 0 Å². The maximum absolute atomic E-state index is 12.5. The first-order valence-corrected chi connectivity index (χ1v) is 8.46. The molecule has 2 aliphatic rings. The lowest BCUT2D eigenvalue weighted by atomic mass is 9.89. The van der Waals surface area contributed by atoms with Gasteiger partial charge in [-0.2, -0.15) is 0 Å². The number of nitrogens with one attached hydrogen (secondary N) is 1. The molecule has 2 N–H and O–H groups in total. The van der Waals surface area contributed by atoms with Crippen LogP contribution in [0.2, 0.25) is 0 Å². The number of ether oxygens (including phenoxy) is 1. The standard InChI is InChI=1S/C20H19NO4/c22-19(12-9-10-25-11-12)21-18(20(23)24)17-15-7-3-1-5-13(15)14-6-2-4-8-16(14)17/h1-8,12,17-18H,9-11H2,(H,21,22)(H,23,24)/t12-,18-/m0/s1. The van der Waals surface area contributed by atoms with Gasteiger partial charge in [-0.3, -0.25) is 4.79 Å². The molecule has 0 radical (unpaired) electrons. The van der Waals surface area contributed by atoms with Gasteiger partial charge in [0.15, 0.2) is 0 Å². The Kier molecular flexibility index (Phi) is 4.01. The van der Waals surface area contributed by atoms with Crippen molar-refractivity contribution in [3.8, 4) is 11.1 Å². The fourth-order valence-electron chi connectivity index (χ4n) is 3.85. The number of carboxylic acids is 1. The Balaban J connectivity index is 1.72. The highest BCUT2D eigenvalue weighted by Gasteiger charge is 2.40. The molecular weight excluding hydrogens is 318 g/mol. The third-order valence-corrected chi connectivity index (χ3v) is 5.08. The number of amides is 1. The van der Waals surface area contributed by atoms with Crippen LogP contribution in [-0.2, 0) is 14.3 Å². The highest BCUT2D eigenvalue weighted by atomic mass is 16.5. The normalized spacial score (nSPS) is 19.9. The minimum absolute atomic E-state index is 0.244. The monoisotopic (exact) mass is 337 g/mol. The summed E-state index contributed by atoms with van der Waals surface area (Å²) in [6, 6.07) is 14.6. The molecule has 2 aromatic rings. The molecule has 0 unspecified atom stereocenters. The van der Waals surface area contributed by atoms with Crippen molar-refractivity contribution in [3.63, 3.8) is 0 Å². The van der Waals surface area contributed by atoms with Crippen molar-refractivity contribution in [2.24, 2.45) is 5.92 Å². The number of carboxylic acid groups (broad SMARTS) is 1. The summed E-state index contributed by atoms with van der Waals surface area (Å²) in [7, 11) is 0. The summed E-state index contributed by atoms with van der Waals surface area (Å²) >= 11 is 0. The maximum atomic E-state index is 12.5. The molecule has 5 nitrogen and oxygen atoms in total. The quantitative estimate of drug-likeness (QED) is 0.898. The van der Waals surface area contributed by atoms with E-state index in [0.29, 0.717) is 19.6 Å². The lowest BCUT2D eigenvalue weighted by Gasteiger charge is -2.24. The SMILES string of the molecule is O=C(N[C@H](C(=O)O)C1c2ccccc2-c2ccccc21)[C@H]1CCOC1. The molecule has 1 saturated heterocycles. The summed E-state index contributed by atoms with van der Waals surface area (Å²) in [5.41, 5.74) is 3.96. The van der Waals surface area contributed by atoms with Crippen LogP contribution in [0.5, 0.6) is 0 Å². The van der Waals surface area contributed by atoms with Crippen LogP contribution in [0, 0.1) is 5.92 Å². The third-order valence-electron chi connectivity index (χ3n) is 5.08. The molecule has 0 spiro atoms. The van der Waals surface area contributed by atoms with Crippen molar-refractivity contribution in [1.82, 2.24) is 5.32 Å². The van der Waals surface area contributed by atoms with Crippen molar-refractivity contribution in [2.75, 3.05) is 13.2 Å². The van der Waals surface area contributed by atoms with E-state index in [0.717, 1.165) is 22.3 Å². The van der Waals surface area contributed by atoms with Gasteiger partial charge >= 0.3 is 5.97 Å². The Bertz CT molecular complexity index is 780. The Hall–Kier alpha value is -2.66. The second kappa shape index (κ2) is 6.33. The molecule has 5 heteroatoms. The maximum Gasteiger partial charge on any atom is 0.327 e. The number of fused-ring (bicyclic) bond motifs is 3. The zero-order valence-corrected chi connectivity index (χ0v) is 13.6. The molecule has 0 aromatic heterocycles. The minimum Gasteiger partial charge on any atom is -0.480 e. The molecule has 128 valence electrons. The van der Waals surface area contributed by atoms with Gasteiger partial charge in [-0.05, 0) is 28.7 Å². The average Bonchev–Trinajstić information content (AvgIpc) is 3.26. The number of benzene rings is 2. The highest BCUT2D eigenvalue weighted by Crippen LogP contribution is 2.46. The summed E-state index contributed by atoms with van der Waals surface area (Å²) < 4.78 is 5.25. The highest BCUT2D eigenvalue weighted by molar-refractivity contribution is 5.89. The van der Waals surface area contributed by atoms with E-state index in [1.807, 2.05) is 48.5 Å². The Labute approximate surface area is 145 Å². The fourth-order valence-corrected chi connectivity index (χ4v) is 3.85. The lowest BCUT2D eigenvalue weighted by molar-refractivity contribution is -0.142. The summed E-state index contributed by atoms with van der Waals surface area (Å²) in [5.74, 6) is -1.93. The number of rotatable bonds is 4. The van der Waals surface area contributed by atoms with Gasteiger partial charge in [0.25, 0.3) is 0 Å². The zero-order chi connectivity index (χ0) is 17.4. The molecule has 1 heterocycles. The number of aliphatic carboxylic acids is 1. The molecular formula is C20H19NO4. The van der Waals surface area contributed by atoms with Gasteiger partial charge in [-0.15, -0.1) is 0 Å². The van der Waals surface area contributed by atoms with Crippen LogP contribution in [0.1, 0.15) is 23.5 Å². The van der Waals surface area contributed by atoms with Crippen LogP contribution in [0.25, 0.3) is 11.1 Å². The van der Waals surface area contributed by atoms with Crippen molar-refractivity contribution >= 4 is 11.9 Å². The first kappa shape index (κ1) is 15.8. The van der Waals surface area contributed by atoms with Gasteiger partial charge in [-0.25, -0.2) is 4.79 Å². The first-order chi connectivity index (χ1) is 12.2. The summed E-state index contributed by atoms with van der Waals surface area (Å²) in [4.78, 5) is 24.5. The van der Waals surface area contributed by atoms with Crippen molar-refractivity contribution in [1.29, 1.82) is 0 Å². The number of carbonyl (C=O) groups excluding carboxylic acids is 1. The predicted molar refractivity (Wildman–Crippen MR) is 92.2 cm³/mol. The zero-order valence-electron chi connectivity index (χ0n) is 13.6. The smallest absolute Gasteiger partial charge is 0.327 e. The van der Waals surface area contributed by atoms with E-state index in [-0.39, 0.29) is 11.8 Å².